The first kappa shape index (κ1) is 16.6. The molecule has 1 aromatic carbocycles. The van der Waals surface area contributed by atoms with Gasteiger partial charge in [-0.05, 0) is 44.0 Å². The molecule has 4 nitrogen and oxygen atoms in total. The zero-order chi connectivity index (χ0) is 15.4. The number of likely N-dealkylation sites (N-methyl/N-ethyl adjacent to an activating group) is 1. The monoisotopic (exact) mass is 357 g/mol. The average Bonchev–Trinajstić information content (AvgIpc) is 2.91. The van der Waals surface area contributed by atoms with Crippen LogP contribution in [0.25, 0.3) is 0 Å². The summed E-state index contributed by atoms with van der Waals surface area (Å²) in [4.78, 5) is 0. The lowest BCUT2D eigenvalue weighted by Crippen LogP contribution is -2.32. The first-order valence-electron chi connectivity index (χ1n) is 7.41. The molecule has 2 rings (SSSR count). The highest BCUT2D eigenvalue weighted by molar-refractivity contribution is 9.10. The van der Waals surface area contributed by atoms with Crippen LogP contribution in [0.15, 0.2) is 16.6 Å². The molecule has 0 spiro atoms. The Kier molecular flexibility index (Phi) is 5.90. The second-order valence-electron chi connectivity index (χ2n) is 5.33. The molecule has 1 saturated heterocycles. The summed E-state index contributed by atoms with van der Waals surface area (Å²) in [7, 11) is 3.31. The third kappa shape index (κ3) is 3.71. The van der Waals surface area contributed by atoms with Gasteiger partial charge < -0.3 is 19.5 Å². The van der Waals surface area contributed by atoms with Crippen LogP contribution in [0.3, 0.4) is 0 Å². The van der Waals surface area contributed by atoms with Gasteiger partial charge in [-0.3, -0.25) is 0 Å². The van der Waals surface area contributed by atoms with Gasteiger partial charge in [0, 0.05) is 4.47 Å². The van der Waals surface area contributed by atoms with Crippen molar-refractivity contribution in [2.24, 2.45) is 0 Å². The molecule has 3 atom stereocenters. The summed E-state index contributed by atoms with van der Waals surface area (Å²) in [6.07, 6.45) is 2.70. The maximum absolute atomic E-state index is 6.06. The number of benzene rings is 1. The van der Waals surface area contributed by atoms with E-state index in [1.807, 2.05) is 12.1 Å². The summed E-state index contributed by atoms with van der Waals surface area (Å²) in [6, 6.07) is 4.13. The van der Waals surface area contributed by atoms with Crippen LogP contribution < -0.4 is 14.8 Å². The van der Waals surface area contributed by atoms with Gasteiger partial charge in [0.25, 0.3) is 0 Å². The number of halogens is 1. The van der Waals surface area contributed by atoms with Gasteiger partial charge >= 0.3 is 0 Å². The topological polar surface area (TPSA) is 39.7 Å². The number of rotatable bonds is 6. The van der Waals surface area contributed by atoms with E-state index in [2.05, 4.69) is 35.1 Å². The highest BCUT2D eigenvalue weighted by Crippen LogP contribution is 2.39. The Morgan fingerprint density at radius 1 is 1.29 bits per heavy atom. The van der Waals surface area contributed by atoms with Crippen LogP contribution in [0.5, 0.6) is 11.5 Å². The van der Waals surface area contributed by atoms with Crippen LogP contribution in [-0.2, 0) is 4.74 Å². The van der Waals surface area contributed by atoms with Gasteiger partial charge in [-0.1, -0.05) is 22.9 Å². The fourth-order valence-electron chi connectivity index (χ4n) is 2.85. The van der Waals surface area contributed by atoms with Gasteiger partial charge in [-0.2, -0.15) is 0 Å². The van der Waals surface area contributed by atoms with Gasteiger partial charge in [0.2, 0.25) is 0 Å². The summed E-state index contributed by atoms with van der Waals surface area (Å²) < 4.78 is 17.8. The fourth-order valence-corrected chi connectivity index (χ4v) is 3.42. The molecular formula is C16H24BrNO3. The quantitative estimate of drug-likeness (QED) is 0.842. The molecule has 118 valence electrons. The van der Waals surface area contributed by atoms with Gasteiger partial charge in [-0.15, -0.1) is 0 Å². The van der Waals surface area contributed by atoms with Crippen molar-refractivity contribution in [1.82, 2.24) is 5.32 Å². The van der Waals surface area contributed by atoms with E-state index >= 15 is 0 Å². The highest BCUT2D eigenvalue weighted by atomic mass is 79.9. The second-order valence-corrected chi connectivity index (χ2v) is 6.18. The third-order valence-electron chi connectivity index (χ3n) is 3.90. The zero-order valence-electron chi connectivity index (χ0n) is 13.1. The van der Waals surface area contributed by atoms with Crippen molar-refractivity contribution >= 4 is 15.9 Å². The number of hydrogen-bond donors (Lipinski definition) is 1. The standard InChI is InChI=1S/C16H24BrNO3/c1-5-18-16(13-7-6-10(2)21-13)11-8-14(19-3)15(20-4)9-12(11)17/h8-10,13,16,18H,5-7H2,1-4H3. The summed E-state index contributed by atoms with van der Waals surface area (Å²) >= 11 is 3.65. The van der Waals surface area contributed by atoms with E-state index in [0.717, 1.165) is 40.9 Å². The van der Waals surface area contributed by atoms with Crippen LogP contribution in [0.4, 0.5) is 0 Å². The smallest absolute Gasteiger partial charge is 0.161 e. The predicted molar refractivity (Wildman–Crippen MR) is 87.2 cm³/mol. The Bertz CT molecular complexity index is 481. The molecule has 0 aliphatic carbocycles. The molecule has 5 heteroatoms. The van der Waals surface area contributed by atoms with Gasteiger partial charge in [-0.25, -0.2) is 0 Å². The van der Waals surface area contributed by atoms with Gasteiger partial charge in [0.15, 0.2) is 11.5 Å². The summed E-state index contributed by atoms with van der Waals surface area (Å²) in [5.74, 6) is 1.47. The van der Waals surface area contributed by atoms with Crippen molar-refractivity contribution in [3.8, 4) is 11.5 Å². The summed E-state index contributed by atoms with van der Waals surface area (Å²) in [5.41, 5.74) is 1.15. The van der Waals surface area contributed by atoms with E-state index in [1.54, 1.807) is 14.2 Å². The Labute approximate surface area is 135 Å². The Hall–Kier alpha value is -0.780. The first-order chi connectivity index (χ1) is 10.1. The molecule has 0 amide bonds. The van der Waals surface area contributed by atoms with Crippen LogP contribution in [0.2, 0.25) is 0 Å². The van der Waals surface area contributed by atoms with E-state index in [9.17, 15) is 0 Å². The molecule has 1 aliphatic rings. The number of ether oxygens (including phenoxy) is 3. The largest absolute Gasteiger partial charge is 0.493 e. The molecule has 1 aliphatic heterocycles. The fraction of sp³-hybridized carbons (Fsp3) is 0.625. The van der Waals surface area contributed by atoms with Crippen molar-refractivity contribution in [3.63, 3.8) is 0 Å². The van der Waals surface area contributed by atoms with Crippen molar-refractivity contribution in [2.45, 2.75) is 44.9 Å². The van der Waals surface area contributed by atoms with E-state index in [4.69, 9.17) is 14.2 Å². The minimum Gasteiger partial charge on any atom is -0.493 e. The molecule has 1 fully saturated rings. The number of hydrogen-bond acceptors (Lipinski definition) is 4. The van der Waals surface area contributed by atoms with E-state index < -0.39 is 0 Å². The SMILES string of the molecule is CCNC(c1cc(OC)c(OC)cc1Br)C1CCC(C)O1. The van der Waals surface area contributed by atoms with Crippen molar-refractivity contribution in [1.29, 1.82) is 0 Å². The van der Waals surface area contributed by atoms with Gasteiger partial charge in [0.1, 0.15) is 0 Å². The molecule has 21 heavy (non-hydrogen) atoms. The minimum atomic E-state index is 0.147. The Morgan fingerprint density at radius 3 is 2.48 bits per heavy atom. The van der Waals surface area contributed by atoms with Crippen LogP contribution in [0.1, 0.15) is 38.3 Å². The molecule has 0 bridgehead atoms. The maximum atomic E-state index is 6.06. The molecule has 1 aromatic rings. The number of methoxy groups -OCH3 is 2. The Morgan fingerprint density at radius 2 is 1.95 bits per heavy atom. The molecular weight excluding hydrogens is 334 g/mol. The molecule has 0 aromatic heterocycles. The lowest BCUT2D eigenvalue weighted by atomic mass is 9.98. The highest BCUT2D eigenvalue weighted by Gasteiger charge is 2.32. The molecule has 0 radical (unpaired) electrons. The van der Waals surface area contributed by atoms with Crippen molar-refractivity contribution in [3.05, 3.63) is 22.2 Å². The third-order valence-corrected chi connectivity index (χ3v) is 4.59. The lowest BCUT2D eigenvalue weighted by molar-refractivity contribution is 0.0317. The Balaban J connectivity index is 2.35. The van der Waals surface area contributed by atoms with E-state index in [-0.39, 0.29) is 12.1 Å². The second kappa shape index (κ2) is 7.47. The minimum absolute atomic E-state index is 0.147. The van der Waals surface area contributed by atoms with Crippen LogP contribution in [-0.4, -0.2) is 33.0 Å². The lowest BCUT2D eigenvalue weighted by Gasteiger charge is -2.26. The summed E-state index contributed by atoms with van der Waals surface area (Å²) in [5, 5.41) is 3.54. The maximum Gasteiger partial charge on any atom is 0.161 e. The zero-order valence-corrected chi connectivity index (χ0v) is 14.7. The van der Waals surface area contributed by atoms with Gasteiger partial charge in [0.05, 0.1) is 32.5 Å². The van der Waals surface area contributed by atoms with Crippen molar-refractivity contribution in [2.75, 3.05) is 20.8 Å². The van der Waals surface area contributed by atoms with Crippen LogP contribution in [0, 0.1) is 0 Å². The van der Waals surface area contributed by atoms with E-state index in [1.165, 1.54) is 0 Å². The average molecular weight is 358 g/mol. The normalized spacial score (nSPS) is 23.1. The molecule has 3 unspecified atom stereocenters. The molecule has 0 saturated carbocycles. The molecule has 1 heterocycles. The van der Waals surface area contributed by atoms with Crippen molar-refractivity contribution < 1.29 is 14.2 Å². The predicted octanol–water partition coefficient (Wildman–Crippen LogP) is 3.68. The van der Waals surface area contributed by atoms with E-state index in [0.29, 0.717) is 6.10 Å². The van der Waals surface area contributed by atoms with Crippen LogP contribution >= 0.6 is 15.9 Å². The number of nitrogens with one attached hydrogen (secondary N) is 1. The summed E-state index contributed by atoms with van der Waals surface area (Å²) in [6.45, 7) is 5.13. The first-order valence-corrected chi connectivity index (χ1v) is 8.20. The molecule has 1 N–H and O–H groups in total.